The maximum Gasteiger partial charge on any atom is 0.432 e. The van der Waals surface area contributed by atoms with Gasteiger partial charge in [0, 0.05) is 37.2 Å². The fourth-order valence-electron chi connectivity index (χ4n) is 7.77. The molecule has 2 aliphatic carbocycles. The highest BCUT2D eigenvalue weighted by Gasteiger charge is 2.73. The van der Waals surface area contributed by atoms with Crippen LogP contribution >= 0.6 is 0 Å². The van der Waals surface area contributed by atoms with Gasteiger partial charge in [-0.1, -0.05) is 66.7 Å². The maximum absolute atomic E-state index is 15.6. The Morgan fingerprint density at radius 3 is 1.71 bits per heavy atom. The van der Waals surface area contributed by atoms with Crippen LogP contribution < -0.4 is 4.74 Å². The van der Waals surface area contributed by atoms with Crippen molar-refractivity contribution in [1.82, 2.24) is 0 Å². The third-order valence-electron chi connectivity index (χ3n) is 10.3. The number of hydrogen-bond acceptors (Lipinski definition) is 7. The Labute approximate surface area is 291 Å². The maximum atomic E-state index is 15.6. The van der Waals surface area contributed by atoms with E-state index in [9.17, 15) is 35.9 Å². The van der Waals surface area contributed by atoms with E-state index in [0.717, 1.165) is 24.3 Å². The van der Waals surface area contributed by atoms with E-state index >= 15 is 13.2 Å². The van der Waals surface area contributed by atoms with Gasteiger partial charge in [-0.15, -0.1) is 0 Å². The van der Waals surface area contributed by atoms with E-state index in [1.54, 1.807) is 0 Å². The molecule has 0 N–H and O–H groups in total. The Hall–Kier alpha value is -4.31. The van der Waals surface area contributed by atoms with E-state index in [1.807, 2.05) is 0 Å². The van der Waals surface area contributed by atoms with Gasteiger partial charge in [0.15, 0.2) is 0 Å². The highest BCUT2D eigenvalue weighted by Crippen LogP contribution is 2.66. The van der Waals surface area contributed by atoms with Gasteiger partial charge in [0.2, 0.25) is 0 Å². The third-order valence-corrected chi connectivity index (χ3v) is 10.3. The van der Waals surface area contributed by atoms with Gasteiger partial charge in [-0.3, -0.25) is 0 Å². The van der Waals surface area contributed by atoms with Crippen LogP contribution in [-0.2, 0) is 46.2 Å². The lowest BCUT2D eigenvalue weighted by Gasteiger charge is -2.45. The molecule has 1 saturated carbocycles. The van der Waals surface area contributed by atoms with Gasteiger partial charge in [0.25, 0.3) is 11.2 Å². The van der Waals surface area contributed by atoms with Crippen LogP contribution in [0.4, 0.5) is 39.5 Å². The summed E-state index contributed by atoms with van der Waals surface area (Å²) in [6.07, 6.45) is -20.0. The van der Waals surface area contributed by atoms with Crippen LogP contribution in [0.3, 0.4) is 0 Å². The van der Waals surface area contributed by atoms with Crippen molar-refractivity contribution >= 4 is 11.9 Å². The molecule has 52 heavy (non-hydrogen) atoms. The van der Waals surface area contributed by atoms with E-state index < -0.39 is 95.6 Å². The molecule has 0 aliphatic heterocycles. The number of rotatable bonds is 10. The first-order valence-electron chi connectivity index (χ1n) is 15.8. The number of hydrogen-bond donors (Lipinski definition) is 0. The summed E-state index contributed by atoms with van der Waals surface area (Å²) in [5.74, 6) is -7.71. The third kappa shape index (κ3) is 6.06. The summed E-state index contributed by atoms with van der Waals surface area (Å²) in [4.78, 5) is 27.2. The second kappa shape index (κ2) is 13.9. The molecule has 3 aromatic carbocycles. The zero-order chi connectivity index (χ0) is 38.3. The number of alkyl halides is 9. The smallest absolute Gasteiger partial charge is 0.432 e. The molecule has 2 aliphatic rings. The molecule has 6 atom stereocenters. The summed E-state index contributed by atoms with van der Waals surface area (Å²) in [7, 11) is 2.47. The van der Waals surface area contributed by atoms with Crippen LogP contribution in [0.5, 0.6) is 5.75 Å². The molecule has 3 aromatic rings. The molecule has 0 spiro atoms. The van der Waals surface area contributed by atoms with Crippen molar-refractivity contribution in [3.63, 3.8) is 0 Å². The summed E-state index contributed by atoms with van der Waals surface area (Å²) < 4.78 is 160. The van der Waals surface area contributed by atoms with Crippen LogP contribution in [0, 0.1) is 11.3 Å². The zero-order valence-corrected chi connectivity index (χ0v) is 27.8. The van der Waals surface area contributed by atoms with Gasteiger partial charge in [-0.05, 0) is 42.5 Å². The molecular weight excluding hydrogens is 715 g/mol. The summed E-state index contributed by atoms with van der Waals surface area (Å²) in [5, 5.41) is 0. The lowest BCUT2D eigenvalue weighted by Crippen LogP contribution is -2.55. The van der Waals surface area contributed by atoms with Crippen molar-refractivity contribution in [3.05, 3.63) is 101 Å². The highest BCUT2D eigenvalue weighted by molar-refractivity contribution is 5.83. The SMILES string of the molecule is COc1ccc2c(c1)CC[C@@]1(C(F)(F)F)[C@H]2C[C@H](OC(=O)[C@@](OC)(c2ccccc2)C(F)(F)F)[C@@H]1COC(=O)[C@@](OC)(c1ccccc1)C(F)(F)F. The van der Waals surface area contributed by atoms with Gasteiger partial charge in [0.1, 0.15) is 11.9 Å². The molecule has 282 valence electrons. The number of esters is 2. The van der Waals surface area contributed by atoms with Crippen LogP contribution in [0.2, 0.25) is 0 Å². The van der Waals surface area contributed by atoms with Crippen molar-refractivity contribution in [1.29, 1.82) is 0 Å². The van der Waals surface area contributed by atoms with E-state index in [4.69, 9.17) is 23.7 Å². The Morgan fingerprint density at radius 2 is 1.25 bits per heavy atom. The minimum absolute atomic E-state index is 0.113. The number of carbonyl (C=O) groups is 2. The van der Waals surface area contributed by atoms with E-state index in [0.29, 0.717) is 25.5 Å². The van der Waals surface area contributed by atoms with Crippen LogP contribution in [-0.4, -0.2) is 64.5 Å². The summed E-state index contributed by atoms with van der Waals surface area (Å²) in [6, 6.07) is 15.3. The van der Waals surface area contributed by atoms with Crippen molar-refractivity contribution in [2.24, 2.45) is 11.3 Å². The topological polar surface area (TPSA) is 80.3 Å². The van der Waals surface area contributed by atoms with Crippen LogP contribution in [0.1, 0.15) is 41.0 Å². The van der Waals surface area contributed by atoms with Gasteiger partial charge >= 0.3 is 30.5 Å². The van der Waals surface area contributed by atoms with Gasteiger partial charge in [-0.2, -0.15) is 39.5 Å². The van der Waals surface area contributed by atoms with Gasteiger partial charge < -0.3 is 23.7 Å². The average Bonchev–Trinajstić information content (AvgIpc) is 3.42. The van der Waals surface area contributed by atoms with Crippen LogP contribution in [0.15, 0.2) is 78.9 Å². The molecule has 0 heterocycles. The fourth-order valence-corrected chi connectivity index (χ4v) is 7.77. The molecule has 0 bridgehead atoms. The molecule has 5 rings (SSSR count). The summed E-state index contributed by atoms with van der Waals surface area (Å²) in [5.41, 5.74) is -11.5. The Morgan fingerprint density at radius 1 is 0.731 bits per heavy atom. The number of carbonyl (C=O) groups excluding carboxylic acids is 2. The predicted octanol–water partition coefficient (Wildman–Crippen LogP) is 7.96. The van der Waals surface area contributed by atoms with E-state index in [1.165, 1.54) is 61.7 Å². The molecule has 1 fully saturated rings. The number of benzene rings is 3. The van der Waals surface area contributed by atoms with E-state index in [-0.39, 0.29) is 12.0 Å². The molecule has 0 radical (unpaired) electrons. The lowest BCUT2D eigenvalue weighted by molar-refractivity contribution is -0.285. The van der Waals surface area contributed by atoms with Gasteiger partial charge in [0.05, 0.1) is 19.1 Å². The normalized spacial score (nSPS) is 24.1. The molecule has 0 aromatic heterocycles. The second-order valence-corrected chi connectivity index (χ2v) is 12.5. The van der Waals surface area contributed by atoms with Crippen molar-refractivity contribution in [2.75, 3.05) is 27.9 Å². The number of fused-ring (bicyclic) bond motifs is 3. The molecule has 7 nitrogen and oxygen atoms in total. The molecular formula is C36H33F9O7. The largest absolute Gasteiger partial charge is 0.497 e. The number of methoxy groups -OCH3 is 3. The number of aryl methyl sites for hydroxylation is 1. The Balaban J connectivity index is 1.63. The van der Waals surface area contributed by atoms with Gasteiger partial charge in [-0.25, -0.2) is 9.59 Å². The molecule has 0 saturated heterocycles. The summed E-state index contributed by atoms with van der Waals surface area (Å²) >= 11 is 0. The highest BCUT2D eigenvalue weighted by atomic mass is 19.4. The lowest BCUT2D eigenvalue weighted by atomic mass is 9.61. The molecule has 0 unspecified atom stereocenters. The number of halogens is 9. The first-order valence-corrected chi connectivity index (χ1v) is 15.8. The van der Waals surface area contributed by atoms with Crippen molar-refractivity contribution in [3.8, 4) is 5.75 Å². The average molecular weight is 749 g/mol. The zero-order valence-electron chi connectivity index (χ0n) is 27.8. The van der Waals surface area contributed by atoms with Crippen molar-refractivity contribution < 1.29 is 72.8 Å². The fraction of sp³-hybridized carbons (Fsp3) is 0.444. The minimum atomic E-state index is -5.50. The second-order valence-electron chi connectivity index (χ2n) is 12.5. The molecule has 0 amide bonds. The molecule has 16 heteroatoms. The first-order chi connectivity index (χ1) is 24.4. The Bertz CT molecular complexity index is 1750. The quantitative estimate of drug-likeness (QED) is 0.154. The first kappa shape index (κ1) is 38.9. The summed E-state index contributed by atoms with van der Waals surface area (Å²) in [6.45, 7) is -1.44. The minimum Gasteiger partial charge on any atom is -0.497 e. The Kier molecular flexibility index (Phi) is 10.4. The standard InChI is InChI=1S/C36H33F9O7/c1-48-24-14-15-25-21(18-24)16-17-31(34(37,38)39)26(25)19-28(52-30(47)33(50-3,36(43,44)45)23-12-8-5-9-13-23)27(31)20-51-29(46)32(49-2,35(40,41)42)22-10-6-4-7-11-22/h4-15,18,26-28H,16-17,19-20H2,1-3H3/t26-,27-,28-,31+,32-,33-/m0/s1. The van der Waals surface area contributed by atoms with Crippen LogP contribution in [0.25, 0.3) is 0 Å². The predicted molar refractivity (Wildman–Crippen MR) is 164 cm³/mol. The van der Waals surface area contributed by atoms with Crippen molar-refractivity contribution in [2.45, 2.75) is 61.0 Å². The number of ether oxygens (including phenoxy) is 5. The van der Waals surface area contributed by atoms with E-state index in [2.05, 4.69) is 0 Å². The monoisotopic (exact) mass is 748 g/mol.